The molecule has 0 saturated carbocycles. The van der Waals surface area contributed by atoms with E-state index in [4.69, 9.17) is 5.21 Å². The van der Waals surface area contributed by atoms with Gasteiger partial charge in [0.15, 0.2) is 0 Å². The Labute approximate surface area is 170 Å². The van der Waals surface area contributed by atoms with Crippen LogP contribution in [-0.4, -0.2) is 47.8 Å². The number of hydroxylamine groups is 1. The van der Waals surface area contributed by atoms with Crippen LogP contribution in [0.15, 0.2) is 48.5 Å². The number of hydrogen-bond acceptors (Lipinski definition) is 5. The zero-order valence-corrected chi connectivity index (χ0v) is 16.9. The van der Waals surface area contributed by atoms with Crippen LogP contribution in [0.5, 0.6) is 0 Å². The molecule has 0 aromatic heterocycles. The number of nitrogens with zero attached hydrogens (tertiary/aromatic N) is 1. The van der Waals surface area contributed by atoms with Gasteiger partial charge in [-0.05, 0) is 52.8 Å². The lowest BCUT2D eigenvalue weighted by Crippen LogP contribution is -2.40. The van der Waals surface area contributed by atoms with Crippen molar-refractivity contribution >= 4 is 21.5 Å². The van der Waals surface area contributed by atoms with Crippen LogP contribution in [0.1, 0.15) is 23.1 Å². The second-order valence-corrected chi connectivity index (χ2v) is 8.99. The minimum absolute atomic E-state index is 0.00275. The van der Waals surface area contributed by atoms with Gasteiger partial charge in [0, 0.05) is 13.1 Å². The van der Waals surface area contributed by atoms with E-state index in [2.05, 4.69) is 6.07 Å². The van der Waals surface area contributed by atoms with E-state index in [1.165, 1.54) is 9.79 Å². The summed E-state index contributed by atoms with van der Waals surface area (Å²) < 4.78 is 25.7. The molecule has 2 aromatic rings. The van der Waals surface area contributed by atoms with Crippen LogP contribution in [-0.2, 0) is 21.4 Å². The molecule has 0 radical (unpaired) electrons. The Hall–Kier alpha value is -2.52. The summed E-state index contributed by atoms with van der Waals surface area (Å²) in [7, 11) is -3.76. The molecule has 1 aliphatic rings. The number of carbonyl (C=O) groups is 1. The monoisotopic (exact) mass is 416 g/mol. The minimum Gasteiger partial charge on any atom is -0.392 e. The van der Waals surface area contributed by atoms with Gasteiger partial charge in [-0.2, -0.15) is 4.31 Å². The lowest BCUT2D eigenvalue weighted by Gasteiger charge is -2.26. The quantitative estimate of drug-likeness (QED) is 0.494. The Morgan fingerprint density at radius 3 is 2.59 bits per heavy atom. The second-order valence-electron chi connectivity index (χ2n) is 7.02. The van der Waals surface area contributed by atoms with Crippen molar-refractivity contribution in [3.8, 4) is 11.1 Å². The van der Waals surface area contributed by atoms with Gasteiger partial charge in [0.25, 0.3) is 5.91 Å². The van der Waals surface area contributed by atoms with E-state index in [1.807, 2.05) is 49.4 Å². The molecule has 1 amide bonds. The number of sulfonamides is 1. The first-order valence-electron chi connectivity index (χ1n) is 9.25. The van der Waals surface area contributed by atoms with Crippen LogP contribution in [0, 0.1) is 6.92 Å². The van der Waals surface area contributed by atoms with E-state index in [0.29, 0.717) is 6.42 Å². The molecular formula is C21H24N2O5S. The molecule has 0 saturated heterocycles. The van der Waals surface area contributed by atoms with Crippen LogP contribution < -0.4 is 5.48 Å². The summed E-state index contributed by atoms with van der Waals surface area (Å²) >= 11 is 0. The van der Waals surface area contributed by atoms with Gasteiger partial charge in [-0.1, -0.05) is 42.5 Å². The number of hydrogen-bond donors (Lipinski definition) is 3. The molecule has 8 heteroatoms. The van der Waals surface area contributed by atoms with Crippen molar-refractivity contribution in [2.75, 3.05) is 18.8 Å². The molecule has 29 heavy (non-hydrogen) atoms. The van der Waals surface area contributed by atoms with Gasteiger partial charge in [0.1, 0.15) is 5.75 Å². The maximum atomic E-state index is 12.2. The van der Waals surface area contributed by atoms with Crippen molar-refractivity contribution in [1.29, 1.82) is 0 Å². The number of carbonyl (C=O) groups excluding carboxylic acids is 1. The maximum absolute atomic E-state index is 12.2. The summed E-state index contributed by atoms with van der Waals surface area (Å²) in [6.45, 7) is 2.50. The molecule has 154 valence electrons. The van der Waals surface area contributed by atoms with Crippen LogP contribution in [0.25, 0.3) is 16.7 Å². The van der Waals surface area contributed by atoms with E-state index in [0.717, 1.165) is 33.4 Å². The molecule has 2 aromatic carbocycles. The highest BCUT2D eigenvalue weighted by Gasteiger charge is 2.27. The molecule has 0 fully saturated rings. The van der Waals surface area contributed by atoms with Crippen molar-refractivity contribution in [3.05, 3.63) is 65.2 Å². The minimum atomic E-state index is -3.76. The average molecular weight is 416 g/mol. The third-order valence-corrected chi connectivity index (χ3v) is 6.77. The smallest absolute Gasteiger partial charge is 0.259 e. The topological polar surface area (TPSA) is 107 Å². The summed E-state index contributed by atoms with van der Waals surface area (Å²) in [4.78, 5) is 11.2. The molecule has 3 rings (SSSR count). The van der Waals surface area contributed by atoms with Crippen molar-refractivity contribution in [1.82, 2.24) is 9.79 Å². The van der Waals surface area contributed by atoms with E-state index < -0.39 is 21.7 Å². The lowest BCUT2D eigenvalue weighted by atomic mass is 9.93. The summed E-state index contributed by atoms with van der Waals surface area (Å²) in [5.74, 6) is -1.72. The summed E-state index contributed by atoms with van der Waals surface area (Å²) in [6, 6.07) is 13.9. The standard InChI is InChI=1S/C21H24N2O5S/c1-15-11-18(5-6-20(15)19-4-2-3-16(12-19)13-24)17-7-9-23(10-8-17)29(27,28)14-21(25)22-26/h2-7,11-12,24,26H,8-10,13-14H2,1H3,(H,22,25). The zero-order valence-electron chi connectivity index (χ0n) is 16.1. The number of aliphatic hydroxyl groups excluding tert-OH is 1. The summed E-state index contributed by atoms with van der Waals surface area (Å²) in [5.41, 5.74) is 7.52. The predicted octanol–water partition coefficient (Wildman–Crippen LogP) is 2.08. The van der Waals surface area contributed by atoms with Crippen LogP contribution in [0.3, 0.4) is 0 Å². The summed E-state index contributed by atoms with van der Waals surface area (Å²) in [5, 5.41) is 17.9. The molecule has 0 bridgehead atoms. The highest BCUT2D eigenvalue weighted by atomic mass is 32.2. The highest BCUT2D eigenvalue weighted by Crippen LogP contribution is 2.30. The number of benzene rings is 2. The van der Waals surface area contributed by atoms with Gasteiger partial charge < -0.3 is 5.11 Å². The Bertz CT molecular complexity index is 1050. The van der Waals surface area contributed by atoms with Crippen LogP contribution in [0.4, 0.5) is 0 Å². The first-order chi connectivity index (χ1) is 13.8. The van der Waals surface area contributed by atoms with Gasteiger partial charge in [-0.3, -0.25) is 10.0 Å². The maximum Gasteiger partial charge on any atom is 0.259 e. The molecule has 1 heterocycles. The van der Waals surface area contributed by atoms with E-state index >= 15 is 0 Å². The van der Waals surface area contributed by atoms with Gasteiger partial charge in [0.2, 0.25) is 10.0 Å². The molecule has 1 aliphatic heterocycles. The van der Waals surface area contributed by atoms with Crippen LogP contribution >= 0.6 is 0 Å². The normalized spacial score (nSPS) is 15.1. The van der Waals surface area contributed by atoms with Crippen molar-refractivity contribution in [2.24, 2.45) is 0 Å². The van der Waals surface area contributed by atoms with Crippen molar-refractivity contribution < 1.29 is 23.5 Å². The average Bonchev–Trinajstić information content (AvgIpc) is 2.73. The third kappa shape index (κ3) is 4.91. The SMILES string of the molecule is Cc1cc(C2=CCN(S(=O)(=O)CC(=O)NO)CC2)ccc1-c1cccc(CO)c1. The molecule has 0 spiro atoms. The first kappa shape index (κ1) is 21.2. The Morgan fingerprint density at radius 1 is 1.17 bits per heavy atom. The Balaban J connectivity index is 1.78. The predicted molar refractivity (Wildman–Crippen MR) is 110 cm³/mol. The van der Waals surface area contributed by atoms with Crippen molar-refractivity contribution in [3.63, 3.8) is 0 Å². The second kappa shape index (κ2) is 8.87. The molecule has 7 nitrogen and oxygen atoms in total. The number of aliphatic hydroxyl groups is 1. The van der Waals surface area contributed by atoms with Gasteiger partial charge in [-0.15, -0.1) is 0 Å². The molecule has 3 N–H and O–H groups in total. The Morgan fingerprint density at radius 2 is 1.97 bits per heavy atom. The number of amides is 1. The largest absolute Gasteiger partial charge is 0.392 e. The molecule has 0 unspecified atom stereocenters. The number of rotatable bonds is 6. The first-order valence-corrected chi connectivity index (χ1v) is 10.9. The van der Waals surface area contributed by atoms with Gasteiger partial charge >= 0.3 is 0 Å². The number of nitrogens with one attached hydrogen (secondary N) is 1. The molecule has 0 atom stereocenters. The van der Waals surface area contributed by atoms with Crippen LogP contribution in [0.2, 0.25) is 0 Å². The lowest BCUT2D eigenvalue weighted by molar-refractivity contribution is -0.126. The van der Waals surface area contributed by atoms with Gasteiger partial charge in [0.05, 0.1) is 6.61 Å². The molecule has 0 aliphatic carbocycles. The van der Waals surface area contributed by atoms with E-state index in [-0.39, 0.29) is 19.7 Å². The molecular weight excluding hydrogens is 392 g/mol. The highest BCUT2D eigenvalue weighted by molar-refractivity contribution is 7.89. The summed E-state index contributed by atoms with van der Waals surface area (Å²) in [6.07, 6.45) is 2.40. The zero-order chi connectivity index (χ0) is 21.0. The van der Waals surface area contributed by atoms with E-state index in [1.54, 1.807) is 0 Å². The van der Waals surface area contributed by atoms with E-state index in [9.17, 15) is 18.3 Å². The fraction of sp³-hybridized carbons (Fsp3) is 0.286. The number of aryl methyl sites for hydroxylation is 1. The fourth-order valence-electron chi connectivity index (χ4n) is 3.48. The Kier molecular flexibility index (Phi) is 6.49. The fourth-order valence-corrected chi connectivity index (χ4v) is 4.73. The van der Waals surface area contributed by atoms with Gasteiger partial charge in [-0.25, -0.2) is 13.9 Å². The third-order valence-electron chi connectivity index (χ3n) is 5.02. The van der Waals surface area contributed by atoms with Crippen molar-refractivity contribution in [2.45, 2.75) is 20.0 Å².